The predicted octanol–water partition coefficient (Wildman–Crippen LogP) is 3.79. The Labute approximate surface area is 190 Å². The number of H-pyrrole nitrogens is 1. The van der Waals surface area contributed by atoms with Crippen molar-refractivity contribution in [3.63, 3.8) is 0 Å². The number of thiophene rings is 1. The summed E-state index contributed by atoms with van der Waals surface area (Å²) in [7, 11) is 1.55. The average Bonchev–Trinajstić information content (AvgIpc) is 3.32. The maximum absolute atomic E-state index is 12.1. The molecule has 1 aromatic carbocycles. The molecular weight excluding hydrogens is 448 g/mol. The molecule has 1 atom stereocenters. The number of nitriles is 1. The van der Waals surface area contributed by atoms with Crippen molar-refractivity contribution in [2.75, 3.05) is 18.9 Å². The summed E-state index contributed by atoms with van der Waals surface area (Å²) in [6, 6.07) is 7.65. The lowest BCUT2D eigenvalue weighted by Crippen LogP contribution is -2.33. The van der Waals surface area contributed by atoms with Gasteiger partial charge in [0.1, 0.15) is 29.6 Å². The summed E-state index contributed by atoms with van der Waals surface area (Å²) in [6.07, 6.45) is 2.88. The maximum atomic E-state index is 12.1. The van der Waals surface area contributed by atoms with Crippen LogP contribution in [0.5, 0.6) is 0 Å². The standard InChI is InChI=1S/C21H18N6O3S2/c1-27(7-6-22)21(29)30-12-3-4-13-15(9-12)31-19-17(13)18(23-10-24-19)25-11-2-5-14-16(8-11)32-20(28)26-14/h2,5,8,10,12H,3-4,7,9H2,1H3,(H,26,28)(H,23,24,25). The quantitative estimate of drug-likeness (QED) is 0.439. The number of hydrogen-bond donors (Lipinski definition) is 2. The van der Waals surface area contributed by atoms with Crippen LogP contribution < -0.4 is 10.2 Å². The van der Waals surface area contributed by atoms with Crippen LogP contribution in [0, 0.1) is 11.3 Å². The lowest BCUT2D eigenvalue weighted by Gasteiger charge is -2.24. The zero-order valence-corrected chi connectivity index (χ0v) is 18.7. The fourth-order valence-corrected chi connectivity index (χ4v) is 5.87. The SMILES string of the molecule is CN(CC#N)C(=O)OC1CCc2c(sc3ncnc(Nc4ccc5[nH]c(=O)sc5c4)c23)C1. The Morgan fingerprint density at radius 2 is 2.28 bits per heavy atom. The normalized spacial score (nSPS) is 15.3. The zero-order valence-electron chi connectivity index (χ0n) is 17.0. The number of hydrogen-bond acceptors (Lipinski definition) is 9. The van der Waals surface area contributed by atoms with Crippen molar-refractivity contribution in [3.05, 3.63) is 44.6 Å². The van der Waals surface area contributed by atoms with Crippen LogP contribution in [-0.4, -0.2) is 45.6 Å². The molecule has 0 bridgehead atoms. The van der Waals surface area contributed by atoms with Crippen LogP contribution in [0.4, 0.5) is 16.3 Å². The Balaban J connectivity index is 1.41. The number of rotatable bonds is 4. The topological polar surface area (TPSA) is 124 Å². The third kappa shape index (κ3) is 3.79. The summed E-state index contributed by atoms with van der Waals surface area (Å²) >= 11 is 2.76. The van der Waals surface area contributed by atoms with E-state index in [1.165, 1.54) is 28.1 Å². The minimum absolute atomic E-state index is 0.00423. The minimum atomic E-state index is -0.481. The molecule has 0 fully saturated rings. The molecule has 3 aromatic heterocycles. The highest BCUT2D eigenvalue weighted by atomic mass is 32.1. The van der Waals surface area contributed by atoms with Crippen molar-refractivity contribution in [3.8, 4) is 6.07 Å². The predicted molar refractivity (Wildman–Crippen MR) is 124 cm³/mol. The number of anilines is 2. The molecule has 2 N–H and O–H groups in total. The van der Waals surface area contributed by atoms with Crippen LogP contribution >= 0.6 is 22.7 Å². The van der Waals surface area contributed by atoms with Gasteiger partial charge in [0.05, 0.1) is 21.7 Å². The molecule has 3 heterocycles. The molecule has 1 aliphatic rings. The molecule has 0 saturated heterocycles. The number of nitrogens with one attached hydrogen (secondary N) is 2. The van der Waals surface area contributed by atoms with E-state index in [2.05, 4.69) is 20.3 Å². The van der Waals surface area contributed by atoms with Crippen LogP contribution in [-0.2, 0) is 17.6 Å². The van der Waals surface area contributed by atoms with E-state index in [1.807, 2.05) is 24.3 Å². The number of ether oxygens (including phenoxy) is 1. The number of aromatic nitrogens is 3. The number of aromatic amines is 1. The summed E-state index contributed by atoms with van der Waals surface area (Å²) in [5, 5.41) is 13.1. The van der Waals surface area contributed by atoms with E-state index >= 15 is 0 Å². The second kappa shape index (κ2) is 8.22. The number of thiazole rings is 1. The Morgan fingerprint density at radius 3 is 3.12 bits per heavy atom. The summed E-state index contributed by atoms with van der Waals surface area (Å²) in [4.78, 5) is 38.7. The first kappa shape index (κ1) is 20.4. The van der Waals surface area contributed by atoms with Gasteiger partial charge in [-0.05, 0) is 36.6 Å². The number of carbonyl (C=O) groups excluding carboxylic acids is 1. The molecule has 1 aliphatic carbocycles. The fraction of sp³-hybridized carbons (Fsp3) is 0.286. The number of fused-ring (bicyclic) bond motifs is 4. The molecule has 0 aliphatic heterocycles. The number of benzene rings is 1. The van der Waals surface area contributed by atoms with E-state index in [0.29, 0.717) is 12.8 Å². The zero-order chi connectivity index (χ0) is 22.2. The molecule has 1 amide bonds. The number of amides is 1. The summed E-state index contributed by atoms with van der Waals surface area (Å²) in [5.41, 5.74) is 2.83. The lowest BCUT2D eigenvalue weighted by atomic mass is 9.94. The molecule has 1 unspecified atom stereocenters. The first-order valence-electron chi connectivity index (χ1n) is 9.95. The van der Waals surface area contributed by atoms with Gasteiger partial charge in [-0.1, -0.05) is 11.3 Å². The summed E-state index contributed by atoms with van der Waals surface area (Å²) in [5.74, 6) is 0.721. The lowest BCUT2D eigenvalue weighted by molar-refractivity contribution is 0.0659. The first-order chi connectivity index (χ1) is 15.5. The van der Waals surface area contributed by atoms with Crippen molar-refractivity contribution < 1.29 is 9.53 Å². The van der Waals surface area contributed by atoms with Crippen LogP contribution in [0.15, 0.2) is 29.3 Å². The van der Waals surface area contributed by atoms with Crippen LogP contribution in [0.1, 0.15) is 16.9 Å². The van der Waals surface area contributed by atoms with E-state index in [0.717, 1.165) is 43.2 Å². The third-order valence-electron chi connectivity index (χ3n) is 5.37. The van der Waals surface area contributed by atoms with Gasteiger partial charge in [0.15, 0.2) is 0 Å². The highest BCUT2D eigenvalue weighted by Crippen LogP contribution is 2.39. The largest absolute Gasteiger partial charge is 0.446 e. The average molecular weight is 467 g/mol. The molecule has 11 heteroatoms. The van der Waals surface area contributed by atoms with E-state index in [1.54, 1.807) is 18.4 Å². The molecule has 0 saturated carbocycles. The van der Waals surface area contributed by atoms with Crippen molar-refractivity contribution in [1.82, 2.24) is 19.9 Å². The monoisotopic (exact) mass is 466 g/mol. The Bertz CT molecular complexity index is 1430. The van der Waals surface area contributed by atoms with Gasteiger partial charge in [-0.2, -0.15) is 5.26 Å². The van der Waals surface area contributed by atoms with Gasteiger partial charge in [-0.15, -0.1) is 11.3 Å². The number of carbonyl (C=O) groups is 1. The van der Waals surface area contributed by atoms with Crippen LogP contribution in [0.25, 0.3) is 20.4 Å². The Morgan fingerprint density at radius 1 is 1.41 bits per heavy atom. The molecular formula is C21H18N6O3S2. The molecule has 4 aromatic rings. The van der Waals surface area contributed by atoms with E-state index in [4.69, 9.17) is 10.00 Å². The Kier molecular flexibility index (Phi) is 5.24. The van der Waals surface area contributed by atoms with Gasteiger partial charge >= 0.3 is 11.0 Å². The summed E-state index contributed by atoms with van der Waals surface area (Å²) in [6.45, 7) is -0.00423. The molecule has 9 nitrogen and oxygen atoms in total. The number of aryl methyl sites for hydroxylation is 1. The molecule has 162 valence electrons. The van der Waals surface area contributed by atoms with Crippen LogP contribution in [0.3, 0.4) is 0 Å². The molecule has 0 spiro atoms. The van der Waals surface area contributed by atoms with Crippen molar-refractivity contribution in [2.24, 2.45) is 0 Å². The van der Waals surface area contributed by atoms with Gasteiger partial charge in [0, 0.05) is 24.0 Å². The first-order valence-corrected chi connectivity index (χ1v) is 11.6. The van der Waals surface area contributed by atoms with Gasteiger partial charge < -0.3 is 15.0 Å². The van der Waals surface area contributed by atoms with Gasteiger partial charge in [0.25, 0.3) is 0 Å². The highest BCUT2D eigenvalue weighted by molar-refractivity contribution is 7.19. The fourth-order valence-electron chi connectivity index (χ4n) is 3.84. The van der Waals surface area contributed by atoms with Gasteiger partial charge in [-0.25, -0.2) is 14.8 Å². The highest BCUT2D eigenvalue weighted by Gasteiger charge is 2.28. The van der Waals surface area contributed by atoms with Crippen molar-refractivity contribution in [1.29, 1.82) is 5.26 Å². The third-order valence-corrected chi connectivity index (χ3v) is 7.38. The molecule has 32 heavy (non-hydrogen) atoms. The van der Waals surface area contributed by atoms with E-state index < -0.39 is 6.09 Å². The van der Waals surface area contributed by atoms with Gasteiger partial charge in [0.2, 0.25) is 0 Å². The van der Waals surface area contributed by atoms with Crippen molar-refractivity contribution >= 4 is 60.7 Å². The minimum Gasteiger partial charge on any atom is -0.446 e. The van der Waals surface area contributed by atoms with E-state index in [9.17, 15) is 9.59 Å². The number of nitrogens with zero attached hydrogens (tertiary/aromatic N) is 4. The van der Waals surface area contributed by atoms with Crippen LogP contribution in [0.2, 0.25) is 0 Å². The van der Waals surface area contributed by atoms with E-state index in [-0.39, 0.29) is 17.5 Å². The van der Waals surface area contributed by atoms with Gasteiger partial charge in [-0.3, -0.25) is 9.69 Å². The molecule has 5 rings (SSSR count). The Hall–Kier alpha value is -3.49. The smallest absolute Gasteiger partial charge is 0.410 e. The second-order valence-electron chi connectivity index (χ2n) is 7.52. The summed E-state index contributed by atoms with van der Waals surface area (Å²) < 4.78 is 6.47. The maximum Gasteiger partial charge on any atom is 0.410 e. The molecule has 0 radical (unpaired) electrons. The van der Waals surface area contributed by atoms with Crippen molar-refractivity contribution in [2.45, 2.75) is 25.4 Å². The second-order valence-corrected chi connectivity index (χ2v) is 9.62.